The largest absolute Gasteiger partial charge is 0.417 e. The molecule has 0 N–H and O–H groups in total. The maximum absolute atomic E-state index is 13.6. The van der Waals surface area contributed by atoms with E-state index in [1.807, 2.05) is 6.08 Å². The molecule has 0 radical (unpaired) electrons. The Hall–Kier alpha value is -0.730. The zero-order chi connectivity index (χ0) is 19.3. The topological polar surface area (TPSA) is 34.1 Å². The first-order valence-electron chi connectivity index (χ1n) is 8.79. The van der Waals surface area contributed by atoms with Gasteiger partial charge in [-0.1, -0.05) is 12.2 Å². The van der Waals surface area contributed by atoms with Crippen LogP contribution in [0.25, 0.3) is 0 Å². The Morgan fingerprint density at radius 1 is 0.885 bits per heavy atom. The standard InChI is InChI=1S/C17H20F6O2S/c1-26(24,25)15(16(18,19)20,17(21,22)23)7-11-5-10-6-12(11)14-9-3-2-8(4-9)13(10)14/h2-3,8-14H,4-7H2,1H3. The molecule has 7 atom stereocenters. The van der Waals surface area contributed by atoms with E-state index in [2.05, 4.69) is 6.08 Å². The van der Waals surface area contributed by atoms with Crippen molar-refractivity contribution in [3.8, 4) is 0 Å². The van der Waals surface area contributed by atoms with Crippen molar-refractivity contribution >= 4 is 9.84 Å². The highest BCUT2D eigenvalue weighted by Crippen LogP contribution is 2.69. The van der Waals surface area contributed by atoms with Gasteiger partial charge in [0.15, 0.2) is 9.84 Å². The molecular weight excluding hydrogens is 382 g/mol. The van der Waals surface area contributed by atoms with Gasteiger partial charge in [0, 0.05) is 6.26 Å². The van der Waals surface area contributed by atoms with Gasteiger partial charge in [-0.3, -0.25) is 0 Å². The predicted octanol–water partition coefficient (Wildman–Crippen LogP) is 4.38. The zero-order valence-electron chi connectivity index (χ0n) is 14.0. The van der Waals surface area contributed by atoms with E-state index in [1.165, 1.54) is 0 Å². The SMILES string of the molecule is CS(=O)(=O)C(CC1CC2CC1C1C3C=CC(C3)C21)(C(F)(F)F)C(F)(F)F. The third-order valence-electron chi connectivity index (χ3n) is 7.51. The molecule has 26 heavy (non-hydrogen) atoms. The number of hydrogen-bond donors (Lipinski definition) is 0. The number of fused-ring (bicyclic) bond motifs is 9. The van der Waals surface area contributed by atoms with Gasteiger partial charge < -0.3 is 0 Å². The summed E-state index contributed by atoms with van der Waals surface area (Å²) in [5.74, 6) is 0.123. The van der Waals surface area contributed by atoms with E-state index in [0.717, 1.165) is 6.42 Å². The van der Waals surface area contributed by atoms with Gasteiger partial charge in [0.1, 0.15) is 0 Å². The van der Waals surface area contributed by atoms with Crippen LogP contribution in [0.4, 0.5) is 26.3 Å². The summed E-state index contributed by atoms with van der Waals surface area (Å²) < 4.78 is 100. The smallest absolute Gasteiger partial charge is 0.228 e. The Kier molecular flexibility index (Phi) is 3.73. The maximum Gasteiger partial charge on any atom is 0.417 e. The minimum atomic E-state index is -5.89. The summed E-state index contributed by atoms with van der Waals surface area (Å²) in [5, 5.41) is 0. The van der Waals surface area contributed by atoms with Gasteiger partial charge in [-0.15, -0.1) is 0 Å². The number of allylic oxidation sites excluding steroid dienone is 2. The summed E-state index contributed by atoms with van der Waals surface area (Å²) in [6, 6.07) is 0. The van der Waals surface area contributed by atoms with E-state index in [-0.39, 0.29) is 36.3 Å². The molecule has 0 spiro atoms. The van der Waals surface area contributed by atoms with Gasteiger partial charge >= 0.3 is 12.4 Å². The molecule has 0 aromatic heterocycles. The molecule has 0 aromatic carbocycles. The predicted molar refractivity (Wildman–Crippen MR) is 81.7 cm³/mol. The lowest BCUT2D eigenvalue weighted by atomic mass is 9.67. The van der Waals surface area contributed by atoms with Crippen molar-refractivity contribution in [2.24, 2.45) is 41.4 Å². The van der Waals surface area contributed by atoms with Crippen molar-refractivity contribution in [3.05, 3.63) is 12.2 Å². The highest BCUT2D eigenvalue weighted by atomic mass is 32.2. The van der Waals surface area contributed by atoms with Gasteiger partial charge in [-0.25, -0.2) is 8.42 Å². The number of sulfone groups is 1. The second kappa shape index (κ2) is 5.20. The Balaban J connectivity index is 1.69. The Morgan fingerprint density at radius 2 is 1.42 bits per heavy atom. The first-order chi connectivity index (χ1) is 11.8. The lowest BCUT2D eigenvalue weighted by Gasteiger charge is -2.42. The normalized spacial score (nSPS) is 41.9. The van der Waals surface area contributed by atoms with Crippen LogP contribution in [-0.2, 0) is 9.84 Å². The molecule has 7 unspecified atom stereocenters. The van der Waals surface area contributed by atoms with Gasteiger partial charge in [0.2, 0.25) is 0 Å². The average molecular weight is 402 g/mol. The second-order valence-corrected chi connectivity index (χ2v) is 10.8. The fourth-order valence-corrected chi connectivity index (χ4v) is 8.08. The number of rotatable bonds is 3. The molecule has 2 nitrogen and oxygen atoms in total. The molecule has 3 fully saturated rings. The molecule has 4 aliphatic rings. The van der Waals surface area contributed by atoms with Crippen LogP contribution in [0.5, 0.6) is 0 Å². The monoisotopic (exact) mass is 402 g/mol. The van der Waals surface area contributed by atoms with Crippen LogP contribution in [0, 0.1) is 41.4 Å². The number of halogens is 6. The molecule has 9 heteroatoms. The lowest BCUT2D eigenvalue weighted by Crippen LogP contribution is -2.62. The van der Waals surface area contributed by atoms with Crippen LogP contribution in [0.3, 0.4) is 0 Å². The maximum atomic E-state index is 13.6. The van der Waals surface area contributed by atoms with E-state index >= 15 is 0 Å². The van der Waals surface area contributed by atoms with Crippen LogP contribution in [0.1, 0.15) is 25.7 Å². The average Bonchev–Trinajstić information content (AvgIpc) is 3.18. The third-order valence-corrected chi connectivity index (χ3v) is 9.40. The van der Waals surface area contributed by atoms with Gasteiger partial charge in [-0.05, 0) is 67.1 Å². The van der Waals surface area contributed by atoms with Gasteiger partial charge in [0.05, 0.1) is 0 Å². The zero-order valence-corrected chi connectivity index (χ0v) is 14.8. The Morgan fingerprint density at radius 3 is 1.92 bits per heavy atom. The van der Waals surface area contributed by atoms with Crippen molar-refractivity contribution < 1.29 is 34.8 Å². The van der Waals surface area contributed by atoms with Crippen LogP contribution in [0.15, 0.2) is 12.2 Å². The first-order valence-corrected chi connectivity index (χ1v) is 10.7. The van der Waals surface area contributed by atoms with Crippen LogP contribution in [0.2, 0.25) is 0 Å². The Bertz CT molecular complexity index is 723. The van der Waals surface area contributed by atoms with Gasteiger partial charge in [0.25, 0.3) is 4.75 Å². The molecule has 0 heterocycles. The molecule has 3 saturated carbocycles. The molecule has 0 amide bonds. The summed E-state index contributed by atoms with van der Waals surface area (Å²) in [4.78, 5) is 0. The van der Waals surface area contributed by atoms with Crippen molar-refractivity contribution in [2.75, 3.05) is 6.26 Å². The Labute approximate surface area is 147 Å². The van der Waals surface area contributed by atoms with Crippen molar-refractivity contribution in [2.45, 2.75) is 42.8 Å². The molecule has 0 aromatic rings. The van der Waals surface area contributed by atoms with E-state index in [9.17, 15) is 34.8 Å². The highest BCUT2D eigenvalue weighted by Gasteiger charge is 2.78. The minimum absolute atomic E-state index is 0.0598. The lowest BCUT2D eigenvalue weighted by molar-refractivity contribution is -0.272. The molecule has 4 rings (SSSR count). The summed E-state index contributed by atoms with van der Waals surface area (Å²) in [5.41, 5.74) is 0. The van der Waals surface area contributed by atoms with Crippen molar-refractivity contribution in [1.82, 2.24) is 0 Å². The minimum Gasteiger partial charge on any atom is -0.228 e. The quantitative estimate of drug-likeness (QED) is 0.399. The van der Waals surface area contributed by atoms with E-state index < -0.39 is 39.3 Å². The molecule has 4 bridgehead atoms. The number of alkyl halides is 6. The fourth-order valence-electron chi connectivity index (χ4n) is 6.72. The molecule has 0 saturated heterocycles. The van der Waals surface area contributed by atoms with Crippen molar-refractivity contribution in [3.63, 3.8) is 0 Å². The summed E-state index contributed by atoms with van der Waals surface area (Å²) in [7, 11) is -5.44. The van der Waals surface area contributed by atoms with Gasteiger partial charge in [-0.2, -0.15) is 26.3 Å². The van der Waals surface area contributed by atoms with Crippen LogP contribution < -0.4 is 0 Å². The molecule has 4 aliphatic carbocycles. The molecule has 148 valence electrons. The van der Waals surface area contributed by atoms with Crippen LogP contribution >= 0.6 is 0 Å². The molecular formula is C17H20F6O2S. The first kappa shape index (κ1) is 18.6. The summed E-state index contributed by atoms with van der Waals surface area (Å²) in [6.45, 7) is 0. The van der Waals surface area contributed by atoms with Crippen molar-refractivity contribution in [1.29, 1.82) is 0 Å². The summed E-state index contributed by atoms with van der Waals surface area (Å²) >= 11 is 0. The fraction of sp³-hybridized carbons (Fsp3) is 0.882. The van der Waals surface area contributed by atoms with Crippen LogP contribution in [-0.4, -0.2) is 31.8 Å². The third kappa shape index (κ3) is 2.21. The van der Waals surface area contributed by atoms with E-state index in [0.29, 0.717) is 18.3 Å². The summed E-state index contributed by atoms with van der Waals surface area (Å²) in [6.07, 6.45) is -7.12. The second-order valence-electron chi connectivity index (χ2n) is 8.56. The highest BCUT2D eigenvalue weighted by molar-refractivity contribution is 7.92. The van der Waals surface area contributed by atoms with E-state index in [1.54, 1.807) is 0 Å². The molecule has 0 aliphatic heterocycles. The van der Waals surface area contributed by atoms with E-state index in [4.69, 9.17) is 0 Å². The number of hydrogen-bond acceptors (Lipinski definition) is 2.